The Hall–Kier alpha value is -1.71. The average Bonchev–Trinajstić information content (AvgIpc) is 2.81. The van der Waals surface area contributed by atoms with Crippen LogP contribution < -0.4 is 4.74 Å². The highest BCUT2D eigenvalue weighted by Crippen LogP contribution is 2.37. The Kier molecular flexibility index (Phi) is 4.76. The molecule has 0 saturated heterocycles. The fourth-order valence-corrected chi connectivity index (χ4v) is 2.71. The normalized spacial score (nSPS) is 10.2. The van der Waals surface area contributed by atoms with Crippen LogP contribution in [-0.2, 0) is 4.74 Å². The zero-order valence-corrected chi connectivity index (χ0v) is 13.5. The van der Waals surface area contributed by atoms with Crippen molar-refractivity contribution in [3.8, 4) is 10.9 Å². The first-order chi connectivity index (χ1) is 9.92. The van der Waals surface area contributed by atoms with E-state index in [4.69, 9.17) is 16.3 Å². The zero-order valence-electron chi connectivity index (χ0n) is 10.3. The van der Waals surface area contributed by atoms with Crippen molar-refractivity contribution in [2.24, 2.45) is 0 Å². The number of ether oxygens (including phenoxy) is 2. The van der Waals surface area contributed by atoms with E-state index in [0.717, 1.165) is 11.3 Å². The first-order valence-corrected chi connectivity index (χ1v) is 7.27. The smallest absolute Gasteiger partial charge is 0.351 e. The van der Waals surface area contributed by atoms with Gasteiger partial charge in [0.15, 0.2) is 15.8 Å². The molecule has 0 saturated carbocycles. The molecule has 0 aliphatic heterocycles. The van der Waals surface area contributed by atoms with Gasteiger partial charge in [0.2, 0.25) is 0 Å². The van der Waals surface area contributed by atoms with Crippen molar-refractivity contribution in [3.63, 3.8) is 0 Å². The van der Waals surface area contributed by atoms with E-state index in [0.29, 0.717) is 4.47 Å². The lowest BCUT2D eigenvalue weighted by molar-refractivity contribution is -0.384. The molecule has 21 heavy (non-hydrogen) atoms. The van der Waals surface area contributed by atoms with E-state index in [1.807, 2.05) is 0 Å². The quantitative estimate of drug-likeness (QED) is 0.442. The summed E-state index contributed by atoms with van der Waals surface area (Å²) in [7, 11) is 1.22. The number of thiazole rings is 1. The minimum absolute atomic E-state index is 0.0524. The number of nitro benzene ring substituents is 1. The average molecular weight is 394 g/mol. The number of halogens is 2. The van der Waals surface area contributed by atoms with Crippen LogP contribution in [0.1, 0.15) is 9.67 Å². The molecule has 0 atom stereocenters. The number of nitro groups is 1. The Morgan fingerprint density at radius 3 is 2.86 bits per heavy atom. The standard InChI is InChI=1S/C11H6BrClN2O5S/c1-19-10(16)8-9(13)14-11(21-8)20-7-4-5(15(17)18)2-3-6(7)12/h2-4H,1H3. The number of rotatable bonds is 4. The number of carbonyl (C=O) groups is 1. The Bertz CT molecular complexity index is 721. The van der Waals surface area contributed by atoms with E-state index in [-0.39, 0.29) is 26.7 Å². The summed E-state index contributed by atoms with van der Waals surface area (Å²) in [6.45, 7) is 0. The third-order valence-corrected chi connectivity index (χ3v) is 4.21. The molecule has 0 spiro atoms. The van der Waals surface area contributed by atoms with Crippen LogP contribution in [0.5, 0.6) is 10.9 Å². The maximum atomic E-state index is 11.4. The second-order valence-electron chi connectivity index (χ2n) is 3.57. The molecule has 0 amide bonds. The van der Waals surface area contributed by atoms with E-state index in [1.165, 1.54) is 25.3 Å². The lowest BCUT2D eigenvalue weighted by Gasteiger charge is -2.03. The van der Waals surface area contributed by atoms with Gasteiger partial charge >= 0.3 is 5.97 Å². The van der Waals surface area contributed by atoms with Crippen LogP contribution in [0.2, 0.25) is 5.15 Å². The van der Waals surface area contributed by atoms with Gasteiger partial charge in [-0.25, -0.2) is 4.79 Å². The van der Waals surface area contributed by atoms with E-state index in [2.05, 4.69) is 25.7 Å². The molecular formula is C11H6BrClN2O5S. The summed E-state index contributed by atoms with van der Waals surface area (Å²) in [6, 6.07) is 4.03. The molecule has 0 unspecified atom stereocenters. The summed E-state index contributed by atoms with van der Waals surface area (Å²) < 4.78 is 10.5. The number of esters is 1. The summed E-state index contributed by atoms with van der Waals surface area (Å²) in [5.74, 6) is -0.448. The topological polar surface area (TPSA) is 91.6 Å². The summed E-state index contributed by atoms with van der Waals surface area (Å²) in [5, 5.41) is 10.8. The number of hydrogen-bond acceptors (Lipinski definition) is 7. The van der Waals surface area contributed by atoms with Gasteiger partial charge in [0, 0.05) is 6.07 Å². The van der Waals surface area contributed by atoms with Crippen LogP contribution in [-0.4, -0.2) is 23.0 Å². The maximum Gasteiger partial charge on any atom is 0.351 e. The SMILES string of the molecule is COC(=O)c1sc(Oc2cc([N+](=O)[O-])ccc2Br)nc1Cl. The van der Waals surface area contributed by atoms with Crippen molar-refractivity contribution >= 4 is 50.5 Å². The molecule has 0 N–H and O–H groups in total. The Morgan fingerprint density at radius 1 is 1.52 bits per heavy atom. The minimum atomic E-state index is -0.634. The highest BCUT2D eigenvalue weighted by atomic mass is 79.9. The van der Waals surface area contributed by atoms with Crippen LogP contribution in [0.15, 0.2) is 22.7 Å². The van der Waals surface area contributed by atoms with Crippen molar-refractivity contribution in [2.45, 2.75) is 0 Å². The molecule has 0 aliphatic carbocycles. The van der Waals surface area contributed by atoms with Crippen LogP contribution in [0.25, 0.3) is 0 Å². The Labute approximate surface area is 135 Å². The largest absolute Gasteiger partial charge is 0.465 e. The van der Waals surface area contributed by atoms with Gasteiger partial charge in [-0.1, -0.05) is 22.9 Å². The van der Waals surface area contributed by atoms with E-state index in [9.17, 15) is 14.9 Å². The fourth-order valence-electron chi connectivity index (χ4n) is 1.32. The molecule has 0 bridgehead atoms. The lowest BCUT2D eigenvalue weighted by atomic mass is 10.3. The Balaban J connectivity index is 2.32. The van der Waals surface area contributed by atoms with Gasteiger partial charge < -0.3 is 9.47 Å². The molecule has 0 fully saturated rings. The number of hydrogen-bond donors (Lipinski definition) is 0. The first kappa shape index (κ1) is 15.7. The summed E-state index contributed by atoms with van der Waals surface area (Å²) in [4.78, 5) is 25.6. The third-order valence-electron chi connectivity index (χ3n) is 2.26. The second kappa shape index (κ2) is 6.37. The highest BCUT2D eigenvalue weighted by molar-refractivity contribution is 9.10. The van der Waals surface area contributed by atoms with Gasteiger partial charge in [-0.2, -0.15) is 4.98 Å². The summed E-state index contributed by atoms with van der Waals surface area (Å²) >= 11 is 9.89. The number of benzene rings is 1. The second-order valence-corrected chi connectivity index (χ2v) is 5.74. The fraction of sp³-hybridized carbons (Fsp3) is 0.0909. The van der Waals surface area contributed by atoms with Crippen molar-refractivity contribution in [1.29, 1.82) is 0 Å². The van der Waals surface area contributed by atoms with Gasteiger partial charge in [0.1, 0.15) is 0 Å². The highest BCUT2D eigenvalue weighted by Gasteiger charge is 2.20. The van der Waals surface area contributed by atoms with Crippen LogP contribution in [0, 0.1) is 10.1 Å². The van der Waals surface area contributed by atoms with Gasteiger partial charge in [0.25, 0.3) is 10.9 Å². The molecule has 1 heterocycles. The van der Waals surface area contributed by atoms with Crippen molar-refractivity contribution in [1.82, 2.24) is 4.98 Å². The van der Waals surface area contributed by atoms with Crippen LogP contribution in [0.4, 0.5) is 5.69 Å². The first-order valence-electron chi connectivity index (χ1n) is 5.28. The van der Waals surface area contributed by atoms with Gasteiger partial charge in [-0.3, -0.25) is 10.1 Å². The molecule has 1 aromatic carbocycles. The van der Waals surface area contributed by atoms with Gasteiger partial charge in [0.05, 0.1) is 22.6 Å². The molecule has 0 aliphatic rings. The minimum Gasteiger partial charge on any atom is -0.465 e. The monoisotopic (exact) mass is 392 g/mol. The van der Waals surface area contributed by atoms with E-state index >= 15 is 0 Å². The number of non-ortho nitro benzene ring substituents is 1. The van der Waals surface area contributed by atoms with Crippen molar-refractivity contribution in [2.75, 3.05) is 7.11 Å². The molecule has 2 aromatic rings. The summed E-state index contributed by atoms with van der Waals surface area (Å²) in [5.41, 5.74) is -0.135. The summed E-state index contributed by atoms with van der Waals surface area (Å²) in [6.07, 6.45) is 0. The van der Waals surface area contributed by atoms with E-state index < -0.39 is 10.9 Å². The molecular weight excluding hydrogens is 388 g/mol. The predicted molar refractivity (Wildman–Crippen MR) is 79.3 cm³/mol. The number of nitrogens with zero attached hydrogens (tertiary/aromatic N) is 2. The number of aromatic nitrogens is 1. The molecule has 110 valence electrons. The van der Waals surface area contributed by atoms with Crippen molar-refractivity contribution in [3.05, 3.63) is 42.8 Å². The molecule has 1 aromatic heterocycles. The van der Waals surface area contributed by atoms with Crippen LogP contribution in [0.3, 0.4) is 0 Å². The maximum absolute atomic E-state index is 11.4. The molecule has 10 heteroatoms. The van der Waals surface area contributed by atoms with Crippen LogP contribution >= 0.6 is 38.9 Å². The molecule has 0 radical (unpaired) electrons. The zero-order chi connectivity index (χ0) is 15.6. The van der Waals surface area contributed by atoms with Crippen molar-refractivity contribution < 1.29 is 19.2 Å². The molecule has 2 rings (SSSR count). The molecule has 7 nitrogen and oxygen atoms in total. The third kappa shape index (κ3) is 3.49. The predicted octanol–water partition coefficient (Wildman–Crippen LogP) is 4.05. The van der Waals surface area contributed by atoms with E-state index in [1.54, 1.807) is 0 Å². The number of methoxy groups -OCH3 is 1. The van der Waals surface area contributed by atoms with Gasteiger partial charge in [-0.15, -0.1) is 0 Å². The lowest BCUT2D eigenvalue weighted by Crippen LogP contribution is -1.98. The van der Waals surface area contributed by atoms with Gasteiger partial charge in [-0.05, 0) is 22.0 Å². The Morgan fingerprint density at radius 2 is 2.24 bits per heavy atom. The number of carbonyl (C=O) groups excluding carboxylic acids is 1.